The van der Waals surface area contributed by atoms with Gasteiger partial charge in [0.05, 0.1) is 0 Å². The third-order valence-corrected chi connectivity index (χ3v) is 1.93. The molecule has 0 aromatic carbocycles. The quantitative estimate of drug-likeness (QED) is 0.272. The van der Waals surface area contributed by atoms with Gasteiger partial charge in [0.1, 0.15) is 13.2 Å². The Hall–Kier alpha value is -1.15. The second kappa shape index (κ2) is 4.77. The van der Waals surface area contributed by atoms with Gasteiger partial charge in [0.15, 0.2) is 5.70 Å². The molecule has 0 aromatic rings. The molecule has 0 rings (SSSR count). The lowest BCUT2D eigenvalue weighted by molar-refractivity contribution is -0.824. The van der Waals surface area contributed by atoms with E-state index in [0.29, 0.717) is 4.59 Å². The van der Waals surface area contributed by atoms with Crippen molar-refractivity contribution in [1.82, 2.24) is 0 Å². The highest BCUT2D eigenvalue weighted by Crippen LogP contribution is 2.20. The van der Waals surface area contributed by atoms with Crippen LogP contribution >= 0.6 is 0 Å². The number of likely N-dealkylation sites (N-methyl/N-ethyl adjacent to an activating group) is 1. The summed E-state index contributed by atoms with van der Waals surface area (Å²) >= 11 is 0. The minimum atomic E-state index is 0.350. The van der Waals surface area contributed by atoms with Gasteiger partial charge in [-0.25, -0.2) is 0 Å². The minimum Gasteiger partial charge on any atom is -0.144 e. The van der Waals surface area contributed by atoms with Crippen LogP contribution in [0, 0.1) is 0 Å². The zero-order valence-corrected chi connectivity index (χ0v) is 9.04. The molecular formula is C11H19N2+. The van der Waals surface area contributed by atoms with E-state index in [4.69, 9.17) is 0 Å². The Kier molecular flexibility index (Phi) is 4.35. The van der Waals surface area contributed by atoms with Gasteiger partial charge in [-0.15, -0.1) is 4.59 Å². The van der Waals surface area contributed by atoms with E-state index in [9.17, 15) is 0 Å². The van der Waals surface area contributed by atoms with E-state index < -0.39 is 0 Å². The molecule has 0 heterocycles. The molecule has 0 aliphatic heterocycles. The smallest absolute Gasteiger partial charge is 0.144 e. The van der Waals surface area contributed by atoms with Crippen molar-refractivity contribution in [2.24, 2.45) is 5.10 Å². The summed E-state index contributed by atoms with van der Waals surface area (Å²) in [6.07, 6.45) is 5.75. The Morgan fingerprint density at radius 3 is 2.15 bits per heavy atom. The van der Waals surface area contributed by atoms with Crippen molar-refractivity contribution in [3.05, 3.63) is 36.2 Å². The SMILES string of the molecule is C=CC(=C(C)C)[N+](C)(C=CC)N=C. The zero-order valence-electron chi connectivity index (χ0n) is 9.04. The lowest BCUT2D eigenvalue weighted by atomic mass is 10.2. The fraction of sp³-hybridized carbons (Fsp3) is 0.364. The molecule has 0 radical (unpaired) electrons. The van der Waals surface area contributed by atoms with Gasteiger partial charge < -0.3 is 0 Å². The van der Waals surface area contributed by atoms with Crippen LogP contribution in [0.25, 0.3) is 0 Å². The first-order valence-electron chi connectivity index (χ1n) is 4.30. The summed E-state index contributed by atoms with van der Waals surface area (Å²) in [5, 5.41) is 4.07. The highest BCUT2D eigenvalue weighted by atomic mass is 15.6. The van der Waals surface area contributed by atoms with E-state index >= 15 is 0 Å². The van der Waals surface area contributed by atoms with Crippen molar-refractivity contribution in [1.29, 1.82) is 0 Å². The number of hydrogen-bond donors (Lipinski definition) is 0. The van der Waals surface area contributed by atoms with Crippen LogP contribution in [0.15, 0.2) is 41.3 Å². The first-order chi connectivity index (χ1) is 6.01. The second-order valence-electron chi connectivity index (χ2n) is 3.24. The van der Waals surface area contributed by atoms with Crippen molar-refractivity contribution < 1.29 is 4.59 Å². The standard InChI is InChI=1S/C11H19N2/c1-7-9-13(6,12-5)11(8-2)10(3)4/h7-9H,2,5H2,1,3-4,6H3/q+1. The number of rotatable bonds is 4. The average molecular weight is 179 g/mol. The molecule has 0 N–H and O–H groups in total. The Labute approximate surface area is 81.2 Å². The summed E-state index contributed by atoms with van der Waals surface area (Å²) in [6, 6.07) is 0. The van der Waals surface area contributed by atoms with Gasteiger partial charge >= 0.3 is 0 Å². The average Bonchev–Trinajstić information content (AvgIpc) is 2.05. The fourth-order valence-electron chi connectivity index (χ4n) is 1.34. The van der Waals surface area contributed by atoms with Crippen LogP contribution < -0.4 is 0 Å². The van der Waals surface area contributed by atoms with Crippen molar-refractivity contribution in [3.63, 3.8) is 0 Å². The molecule has 0 fully saturated rings. The van der Waals surface area contributed by atoms with Gasteiger partial charge in [-0.3, -0.25) is 0 Å². The fourth-order valence-corrected chi connectivity index (χ4v) is 1.34. The van der Waals surface area contributed by atoms with Crippen molar-refractivity contribution >= 4 is 6.72 Å². The highest BCUT2D eigenvalue weighted by molar-refractivity contribution is 5.23. The van der Waals surface area contributed by atoms with Gasteiger partial charge in [0.2, 0.25) is 0 Å². The van der Waals surface area contributed by atoms with E-state index in [1.807, 2.05) is 46.2 Å². The molecule has 0 saturated carbocycles. The van der Waals surface area contributed by atoms with Crippen molar-refractivity contribution in [3.8, 4) is 0 Å². The van der Waals surface area contributed by atoms with Crippen LogP contribution in [0.3, 0.4) is 0 Å². The van der Waals surface area contributed by atoms with Gasteiger partial charge in [-0.05, 0) is 38.5 Å². The Bertz CT molecular complexity index is 257. The number of nitrogens with zero attached hydrogens (tertiary/aromatic N) is 2. The number of allylic oxidation sites excluding steroid dienone is 3. The summed E-state index contributed by atoms with van der Waals surface area (Å²) in [5.41, 5.74) is 2.26. The summed E-state index contributed by atoms with van der Waals surface area (Å²) in [5.74, 6) is 0. The van der Waals surface area contributed by atoms with E-state index in [2.05, 4.69) is 18.4 Å². The van der Waals surface area contributed by atoms with Crippen LogP contribution in [0.2, 0.25) is 0 Å². The molecule has 0 aromatic heterocycles. The van der Waals surface area contributed by atoms with Gasteiger partial charge in [0.25, 0.3) is 0 Å². The molecule has 2 nitrogen and oxygen atoms in total. The van der Waals surface area contributed by atoms with Crippen molar-refractivity contribution in [2.45, 2.75) is 20.8 Å². The summed E-state index contributed by atoms with van der Waals surface area (Å²) < 4.78 is 0.350. The van der Waals surface area contributed by atoms with E-state index in [1.165, 1.54) is 5.57 Å². The first kappa shape index (κ1) is 11.8. The predicted octanol–water partition coefficient (Wildman–Crippen LogP) is 3.06. The zero-order chi connectivity index (χ0) is 10.5. The second-order valence-corrected chi connectivity index (χ2v) is 3.24. The molecule has 0 aliphatic rings. The van der Waals surface area contributed by atoms with Crippen LogP contribution in [0.4, 0.5) is 0 Å². The highest BCUT2D eigenvalue weighted by Gasteiger charge is 2.22. The molecular weight excluding hydrogens is 160 g/mol. The molecule has 13 heavy (non-hydrogen) atoms. The van der Waals surface area contributed by atoms with E-state index in [1.54, 1.807) is 0 Å². The molecule has 0 aliphatic carbocycles. The molecule has 0 bridgehead atoms. The summed E-state index contributed by atoms with van der Waals surface area (Å²) in [7, 11) is 1.97. The summed E-state index contributed by atoms with van der Waals surface area (Å²) in [6.45, 7) is 13.4. The largest absolute Gasteiger partial charge is 0.161 e. The topological polar surface area (TPSA) is 12.4 Å². The third kappa shape index (κ3) is 2.67. The normalized spacial score (nSPS) is 15.1. The molecule has 0 spiro atoms. The monoisotopic (exact) mass is 179 g/mol. The predicted molar refractivity (Wildman–Crippen MR) is 59.1 cm³/mol. The van der Waals surface area contributed by atoms with Crippen LogP contribution in [0.5, 0.6) is 0 Å². The maximum absolute atomic E-state index is 4.07. The minimum absolute atomic E-state index is 0.350. The number of hydrogen-bond acceptors (Lipinski definition) is 1. The third-order valence-electron chi connectivity index (χ3n) is 1.93. The molecule has 1 unspecified atom stereocenters. The van der Waals surface area contributed by atoms with Crippen LogP contribution in [-0.2, 0) is 0 Å². The maximum atomic E-state index is 4.07. The maximum Gasteiger partial charge on any atom is 0.161 e. The lowest BCUT2D eigenvalue weighted by Crippen LogP contribution is -2.30. The van der Waals surface area contributed by atoms with Gasteiger partial charge in [-0.1, -0.05) is 11.7 Å². The van der Waals surface area contributed by atoms with Crippen LogP contribution in [0.1, 0.15) is 20.8 Å². The van der Waals surface area contributed by atoms with Gasteiger partial charge in [0, 0.05) is 6.72 Å². The molecule has 1 atom stereocenters. The van der Waals surface area contributed by atoms with E-state index in [-0.39, 0.29) is 0 Å². The Balaban J connectivity index is 5.29. The lowest BCUT2D eigenvalue weighted by Gasteiger charge is -2.23. The van der Waals surface area contributed by atoms with Crippen LogP contribution in [-0.4, -0.2) is 18.4 Å². The van der Waals surface area contributed by atoms with Gasteiger partial charge in [-0.2, -0.15) is 0 Å². The van der Waals surface area contributed by atoms with E-state index in [0.717, 1.165) is 5.70 Å². The van der Waals surface area contributed by atoms with Crippen molar-refractivity contribution in [2.75, 3.05) is 7.05 Å². The Morgan fingerprint density at radius 1 is 1.38 bits per heavy atom. The molecule has 0 amide bonds. The first-order valence-corrected chi connectivity index (χ1v) is 4.30. The molecule has 0 saturated heterocycles. The molecule has 2 heteroatoms. The molecule has 72 valence electrons. The Morgan fingerprint density at radius 2 is 1.92 bits per heavy atom. The number of quaternary nitrogens is 1. The summed E-state index contributed by atoms with van der Waals surface area (Å²) in [4.78, 5) is 0.